The molecule has 0 aromatic carbocycles. The highest BCUT2D eigenvalue weighted by Crippen LogP contribution is 2.21. The van der Waals surface area contributed by atoms with Gasteiger partial charge in [0.1, 0.15) is 5.82 Å². The van der Waals surface area contributed by atoms with Gasteiger partial charge in [-0.1, -0.05) is 0 Å². The van der Waals surface area contributed by atoms with Gasteiger partial charge in [0.05, 0.1) is 26.1 Å². The van der Waals surface area contributed by atoms with Gasteiger partial charge in [-0.15, -0.1) is 0 Å². The molecule has 0 fully saturated rings. The number of nitrogens with one attached hydrogen (secondary N) is 1. The molecule has 0 spiro atoms. The minimum Gasteiger partial charge on any atom is -0.467 e. The second-order valence-electron chi connectivity index (χ2n) is 5.23. The molecule has 0 aliphatic heterocycles. The van der Waals surface area contributed by atoms with Crippen molar-refractivity contribution in [2.75, 3.05) is 19.5 Å². The Hall–Kier alpha value is -2.64. The zero-order valence-electron chi connectivity index (χ0n) is 13.2. The maximum Gasteiger partial charge on any atom is 0.333 e. The molecule has 0 radical (unpaired) electrons. The van der Waals surface area contributed by atoms with E-state index >= 15 is 0 Å². The minimum absolute atomic E-state index is 0.282. The zero-order valence-corrected chi connectivity index (χ0v) is 13.2. The van der Waals surface area contributed by atoms with Crippen LogP contribution in [0.1, 0.15) is 19.5 Å². The number of hydrogen-bond acceptors (Lipinski definition) is 7. The van der Waals surface area contributed by atoms with Crippen molar-refractivity contribution in [2.24, 2.45) is 0 Å². The largest absolute Gasteiger partial charge is 0.467 e. The van der Waals surface area contributed by atoms with Gasteiger partial charge in [0.2, 0.25) is 0 Å². The SMILES string of the molecule is COC(=O)C(C)(C)n1cc(Nc2cc(C)nc(OC)n2)cn1. The van der Waals surface area contributed by atoms with Crippen molar-refractivity contribution in [1.29, 1.82) is 0 Å². The molecule has 0 aliphatic rings. The summed E-state index contributed by atoms with van der Waals surface area (Å²) in [6, 6.07) is 2.07. The average Bonchev–Trinajstić information content (AvgIpc) is 2.94. The molecular formula is C14H19N5O3. The molecule has 8 heteroatoms. The molecule has 0 atom stereocenters. The van der Waals surface area contributed by atoms with E-state index in [1.807, 2.05) is 6.92 Å². The number of carbonyl (C=O) groups is 1. The van der Waals surface area contributed by atoms with Gasteiger partial charge in [-0.2, -0.15) is 10.1 Å². The normalized spacial score (nSPS) is 11.1. The van der Waals surface area contributed by atoms with Gasteiger partial charge in [-0.3, -0.25) is 4.68 Å². The summed E-state index contributed by atoms with van der Waals surface area (Å²) in [5.41, 5.74) is 0.572. The van der Waals surface area contributed by atoms with Crippen LogP contribution >= 0.6 is 0 Å². The Labute approximate surface area is 128 Å². The van der Waals surface area contributed by atoms with E-state index in [9.17, 15) is 4.79 Å². The fourth-order valence-electron chi connectivity index (χ4n) is 1.88. The lowest BCUT2D eigenvalue weighted by atomic mass is 10.1. The summed E-state index contributed by atoms with van der Waals surface area (Å²) in [7, 11) is 2.86. The molecule has 0 amide bonds. The maximum atomic E-state index is 11.8. The van der Waals surface area contributed by atoms with E-state index in [0.717, 1.165) is 5.69 Å². The van der Waals surface area contributed by atoms with E-state index in [4.69, 9.17) is 9.47 Å². The number of esters is 1. The van der Waals surface area contributed by atoms with E-state index in [-0.39, 0.29) is 12.0 Å². The van der Waals surface area contributed by atoms with E-state index < -0.39 is 5.54 Å². The molecule has 0 saturated carbocycles. The number of aromatic nitrogens is 4. The highest BCUT2D eigenvalue weighted by atomic mass is 16.5. The lowest BCUT2D eigenvalue weighted by Crippen LogP contribution is -2.37. The number of ether oxygens (including phenoxy) is 2. The summed E-state index contributed by atoms with van der Waals surface area (Å²) in [5.74, 6) is 0.210. The van der Waals surface area contributed by atoms with Crippen molar-refractivity contribution in [3.8, 4) is 6.01 Å². The van der Waals surface area contributed by atoms with Crippen LogP contribution in [-0.2, 0) is 15.1 Å². The van der Waals surface area contributed by atoms with Crippen molar-refractivity contribution >= 4 is 17.5 Å². The third-order valence-electron chi connectivity index (χ3n) is 3.13. The smallest absolute Gasteiger partial charge is 0.333 e. The van der Waals surface area contributed by atoms with E-state index in [1.165, 1.54) is 18.9 Å². The first kappa shape index (κ1) is 15.7. The predicted molar refractivity (Wildman–Crippen MR) is 80.2 cm³/mol. The van der Waals surface area contributed by atoms with Crippen molar-refractivity contribution in [3.05, 3.63) is 24.2 Å². The van der Waals surface area contributed by atoms with Crippen molar-refractivity contribution in [3.63, 3.8) is 0 Å². The number of anilines is 2. The van der Waals surface area contributed by atoms with Crippen molar-refractivity contribution < 1.29 is 14.3 Å². The summed E-state index contributed by atoms with van der Waals surface area (Å²) in [6.45, 7) is 5.31. The van der Waals surface area contributed by atoms with Crippen LogP contribution in [0.25, 0.3) is 0 Å². The third-order valence-corrected chi connectivity index (χ3v) is 3.13. The molecule has 1 N–H and O–H groups in total. The first-order chi connectivity index (χ1) is 10.4. The first-order valence-corrected chi connectivity index (χ1v) is 6.67. The molecule has 0 unspecified atom stereocenters. The summed E-state index contributed by atoms with van der Waals surface area (Å²) in [4.78, 5) is 20.1. The Bertz CT molecular complexity index is 681. The number of methoxy groups -OCH3 is 2. The quantitative estimate of drug-likeness (QED) is 0.840. The number of rotatable bonds is 5. The van der Waals surface area contributed by atoms with Crippen LogP contribution in [0.5, 0.6) is 6.01 Å². The van der Waals surface area contributed by atoms with Crippen molar-refractivity contribution in [1.82, 2.24) is 19.7 Å². The number of nitrogens with zero attached hydrogens (tertiary/aromatic N) is 4. The van der Waals surface area contributed by atoms with Crippen LogP contribution in [-0.4, -0.2) is 39.9 Å². The second kappa shape index (κ2) is 6.00. The average molecular weight is 305 g/mol. The number of carbonyl (C=O) groups excluding carboxylic acids is 1. The Morgan fingerprint density at radius 1 is 1.32 bits per heavy atom. The van der Waals surface area contributed by atoms with Gasteiger partial charge in [0, 0.05) is 18.0 Å². The molecule has 2 rings (SSSR count). The molecule has 22 heavy (non-hydrogen) atoms. The Balaban J connectivity index is 2.22. The van der Waals surface area contributed by atoms with Crippen LogP contribution in [0.15, 0.2) is 18.5 Å². The summed E-state index contributed by atoms with van der Waals surface area (Å²) >= 11 is 0. The van der Waals surface area contributed by atoms with Gasteiger partial charge >= 0.3 is 12.0 Å². The number of hydrogen-bond donors (Lipinski definition) is 1. The highest BCUT2D eigenvalue weighted by Gasteiger charge is 2.31. The van der Waals surface area contributed by atoms with Gasteiger partial charge in [-0.25, -0.2) is 9.78 Å². The molecule has 2 aromatic heterocycles. The van der Waals surface area contributed by atoms with Crippen LogP contribution in [0.3, 0.4) is 0 Å². The zero-order chi connectivity index (χ0) is 16.3. The molecule has 0 saturated heterocycles. The Morgan fingerprint density at radius 2 is 2.05 bits per heavy atom. The van der Waals surface area contributed by atoms with Crippen LogP contribution < -0.4 is 10.1 Å². The molecule has 2 heterocycles. The lowest BCUT2D eigenvalue weighted by Gasteiger charge is -2.21. The second-order valence-corrected chi connectivity index (χ2v) is 5.23. The monoisotopic (exact) mass is 305 g/mol. The van der Waals surface area contributed by atoms with E-state index in [2.05, 4.69) is 20.4 Å². The van der Waals surface area contributed by atoms with E-state index in [0.29, 0.717) is 11.5 Å². The molecule has 8 nitrogen and oxygen atoms in total. The first-order valence-electron chi connectivity index (χ1n) is 6.67. The predicted octanol–water partition coefficient (Wildman–Crippen LogP) is 1.64. The Kier molecular flexibility index (Phi) is 4.30. The standard InChI is InChI=1S/C14H19N5O3/c1-9-6-11(18-13(16-9)22-5)17-10-7-15-19(8-10)14(2,3)12(20)21-4/h6-8H,1-5H3,(H,16,17,18). The summed E-state index contributed by atoms with van der Waals surface area (Å²) in [5, 5.41) is 7.30. The van der Waals surface area contributed by atoms with Gasteiger partial charge in [-0.05, 0) is 20.8 Å². The highest BCUT2D eigenvalue weighted by molar-refractivity contribution is 5.77. The van der Waals surface area contributed by atoms with Gasteiger partial charge < -0.3 is 14.8 Å². The molecule has 0 bridgehead atoms. The lowest BCUT2D eigenvalue weighted by molar-refractivity contribution is -0.150. The van der Waals surface area contributed by atoms with Crippen LogP contribution in [0, 0.1) is 6.92 Å². The minimum atomic E-state index is -0.895. The summed E-state index contributed by atoms with van der Waals surface area (Å²) < 4.78 is 11.4. The molecular weight excluding hydrogens is 286 g/mol. The molecule has 0 aliphatic carbocycles. The fourth-order valence-corrected chi connectivity index (χ4v) is 1.88. The van der Waals surface area contributed by atoms with Crippen LogP contribution in [0.4, 0.5) is 11.5 Å². The maximum absolute atomic E-state index is 11.8. The topological polar surface area (TPSA) is 91.2 Å². The number of aryl methyl sites for hydroxylation is 1. The fraction of sp³-hybridized carbons (Fsp3) is 0.429. The third kappa shape index (κ3) is 3.16. The van der Waals surface area contributed by atoms with Gasteiger partial charge in [0.15, 0.2) is 5.54 Å². The molecule has 118 valence electrons. The van der Waals surface area contributed by atoms with Crippen molar-refractivity contribution in [2.45, 2.75) is 26.3 Å². The summed E-state index contributed by atoms with van der Waals surface area (Å²) in [6.07, 6.45) is 3.31. The molecule has 2 aromatic rings. The van der Waals surface area contributed by atoms with E-state index in [1.54, 1.807) is 32.3 Å². The van der Waals surface area contributed by atoms with Gasteiger partial charge in [0.25, 0.3) is 0 Å². The Morgan fingerprint density at radius 3 is 2.68 bits per heavy atom. The van der Waals surface area contributed by atoms with Crippen LogP contribution in [0.2, 0.25) is 0 Å².